The van der Waals surface area contributed by atoms with E-state index in [1.807, 2.05) is 11.4 Å². The molecule has 1 unspecified atom stereocenters. The Morgan fingerprint density at radius 3 is 2.70 bits per heavy atom. The second kappa shape index (κ2) is 10.6. The summed E-state index contributed by atoms with van der Waals surface area (Å²) >= 11 is 1.52. The van der Waals surface area contributed by atoms with Crippen molar-refractivity contribution < 1.29 is 23.9 Å². The smallest absolute Gasteiger partial charge is 0.355 e. The third-order valence-electron chi connectivity index (χ3n) is 5.74. The van der Waals surface area contributed by atoms with E-state index in [-0.39, 0.29) is 31.5 Å². The molecule has 0 saturated heterocycles. The Hall–Kier alpha value is -3.20. The van der Waals surface area contributed by atoms with Gasteiger partial charge < -0.3 is 19.4 Å². The minimum absolute atomic E-state index is 0.00429. The quantitative estimate of drug-likeness (QED) is 0.476. The topological polar surface area (TPSA) is 99.5 Å². The van der Waals surface area contributed by atoms with Gasteiger partial charge in [0.05, 0.1) is 23.2 Å². The number of aryl methyl sites for hydroxylation is 1. The van der Waals surface area contributed by atoms with Gasteiger partial charge in [-0.3, -0.25) is 14.6 Å². The monoisotopic (exact) mass is 469 g/mol. The molecule has 1 fully saturated rings. The van der Waals surface area contributed by atoms with Crippen LogP contribution in [0.2, 0.25) is 0 Å². The summed E-state index contributed by atoms with van der Waals surface area (Å²) in [5.74, 6) is -1.28. The first-order valence-electron chi connectivity index (χ1n) is 11.2. The largest absolute Gasteiger partial charge is 0.461 e. The van der Waals surface area contributed by atoms with Crippen LogP contribution in [0.25, 0.3) is 10.2 Å². The molecule has 0 aromatic carbocycles. The van der Waals surface area contributed by atoms with E-state index < -0.39 is 18.0 Å². The van der Waals surface area contributed by atoms with Gasteiger partial charge in [0.15, 0.2) is 0 Å². The van der Waals surface area contributed by atoms with E-state index in [0.717, 1.165) is 35.9 Å². The minimum atomic E-state index is -1.04. The zero-order valence-electron chi connectivity index (χ0n) is 18.5. The maximum atomic E-state index is 12.9. The van der Waals surface area contributed by atoms with Crippen molar-refractivity contribution in [2.24, 2.45) is 0 Å². The maximum Gasteiger partial charge on any atom is 0.355 e. The number of ether oxygens (including phenoxy) is 2. The molecular weight excluding hydrogens is 442 g/mol. The number of thiophene rings is 1. The van der Waals surface area contributed by atoms with Gasteiger partial charge in [-0.05, 0) is 49.4 Å². The number of rotatable bonds is 9. The third-order valence-corrected chi connectivity index (χ3v) is 6.60. The van der Waals surface area contributed by atoms with E-state index in [2.05, 4.69) is 10.3 Å². The van der Waals surface area contributed by atoms with Crippen molar-refractivity contribution in [3.63, 3.8) is 0 Å². The Kier molecular flexibility index (Phi) is 7.39. The molecule has 3 aromatic heterocycles. The van der Waals surface area contributed by atoms with Crippen LogP contribution in [-0.4, -0.2) is 40.0 Å². The molecular formula is C24H27N3O5S. The van der Waals surface area contributed by atoms with Crippen molar-refractivity contribution >= 4 is 39.4 Å². The molecule has 1 aliphatic rings. The minimum Gasteiger partial charge on any atom is -0.461 e. The number of nitrogens with one attached hydrogen (secondary N) is 1. The molecule has 4 rings (SSSR count). The van der Waals surface area contributed by atoms with Crippen molar-refractivity contribution in [1.29, 1.82) is 0 Å². The second-order valence-corrected chi connectivity index (χ2v) is 8.91. The molecule has 1 amide bonds. The predicted octanol–water partition coefficient (Wildman–Crippen LogP) is 4.01. The van der Waals surface area contributed by atoms with Crippen molar-refractivity contribution in [2.75, 3.05) is 6.61 Å². The van der Waals surface area contributed by atoms with Crippen LogP contribution in [0.4, 0.5) is 0 Å². The van der Waals surface area contributed by atoms with Crippen LogP contribution in [0.15, 0.2) is 42.0 Å². The van der Waals surface area contributed by atoms with Crippen molar-refractivity contribution in [1.82, 2.24) is 14.9 Å². The van der Waals surface area contributed by atoms with Gasteiger partial charge in [-0.25, -0.2) is 4.79 Å². The summed E-state index contributed by atoms with van der Waals surface area (Å²) in [7, 11) is 0. The maximum absolute atomic E-state index is 12.9. The number of carbonyl (C=O) groups excluding carboxylic acids is 3. The predicted molar refractivity (Wildman–Crippen MR) is 124 cm³/mol. The lowest BCUT2D eigenvalue weighted by Crippen LogP contribution is -2.38. The summed E-state index contributed by atoms with van der Waals surface area (Å²) in [6, 6.07) is 7.14. The molecule has 3 heterocycles. The lowest BCUT2D eigenvalue weighted by atomic mass is 10.1. The highest BCUT2D eigenvalue weighted by molar-refractivity contribution is 7.17. The SMILES string of the molecule is CCOC(=O)c1cc2sccc2n1CCC(=O)OC(C(=O)NC1CCCC1)c1ccncc1. The van der Waals surface area contributed by atoms with Crippen LogP contribution in [0, 0.1) is 0 Å². The molecule has 0 aliphatic heterocycles. The first kappa shape index (κ1) is 23.0. The zero-order valence-corrected chi connectivity index (χ0v) is 19.3. The first-order valence-corrected chi connectivity index (χ1v) is 12.1. The van der Waals surface area contributed by atoms with Gasteiger partial charge in [-0.1, -0.05) is 12.8 Å². The lowest BCUT2D eigenvalue weighted by Gasteiger charge is -2.20. The van der Waals surface area contributed by atoms with Crippen LogP contribution in [0.1, 0.15) is 61.2 Å². The van der Waals surface area contributed by atoms with Gasteiger partial charge >= 0.3 is 11.9 Å². The summed E-state index contributed by atoms with van der Waals surface area (Å²) in [6.45, 7) is 2.25. The van der Waals surface area contributed by atoms with Gasteiger partial charge in [-0.2, -0.15) is 0 Å². The Labute approximate surface area is 195 Å². The number of aromatic nitrogens is 2. The highest BCUT2D eigenvalue weighted by Crippen LogP contribution is 2.27. The van der Waals surface area contributed by atoms with Gasteiger partial charge in [0, 0.05) is 30.5 Å². The van der Waals surface area contributed by atoms with Gasteiger partial charge in [0.1, 0.15) is 5.69 Å². The number of hydrogen-bond donors (Lipinski definition) is 1. The fourth-order valence-corrected chi connectivity index (χ4v) is 4.97. The average Bonchev–Trinajstić information content (AvgIpc) is 3.55. The molecule has 0 spiro atoms. The molecule has 1 saturated carbocycles. The van der Waals surface area contributed by atoms with Gasteiger partial charge in [-0.15, -0.1) is 11.3 Å². The molecule has 1 N–H and O–H groups in total. The van der Waals surface area contributed by atoms with Crippen molar-refractivity contribution in [3.8, 4) is 0 Å². The van der Waals surface area contributed by atoms with E-state index in [4.69, 9.17) is 9.47 Å². The number of amides is 1. The lowest BCUT2D eigenvalue weighted by molar-refractivity contribution is -0.157. The van der Waals surface area contributed by atoms with Gasteiger partial charge in [0.2, 0.25) is 6.10 Å². The van der Waals surface area contributed by atoms with Crippen LogP contribution in [-0.2, 0) is 25.6 Å². The van der Waals surface area contributed by atoms with Crippen LogP contribution < -0.4 is 5.32 Å². The number of nitrogens with zero attached hydrogens (tertiary/aromatic N) is 2. The molecule has 0 bridgehead atoms. The molecule has 1 atom stereocenters. The summed E-state index contributed by atoms with van der Waals surface area (Å²) in [4.78, 5) is 42.1. The van der Waals surface area contributed by atoms with E-state index in [0.29, 0.717) is 11.3 Å². The number of esters is 2. The molecule has 8 nitrogen and oxygen atoms in total. The zero-order chi connectivity index (χ0) is 23.2. The molecule has 1 aliphatic carbocycles. The molecule has 3 aromatic rings. The number of fused-ring (bicyclic) bond motifs is 1. The number of hydrogen-bond acceptors (Lipinski definition) is 7. The summed E-state index contributed by atoms with van der Waals surface area (Å²) < 4.78 is 13.5. The van der Waals surface area contributed by atoms with E-state index in [1.54, 1.807) is 42.1 Å². The van der Waals surface area contributed by atoms with Crippen LogP contribution >= 0.6 is 11.3 Å². The first-order chi connectivity index (χ1) is 16.1. The Morgan fingerprint density at radius 2 is 1.97 bits per heavy atom. The summed E-state index contributed by atoms with van der Waals surface area (Å²) in [6.07, 6.45) is 6.13. The molecule has 9 heteroatoms. The summed E-state index contributed by atoms with van der Waals surface area (Å²) in [5.41, 5.74) is 1.83. The third kappa shape index (κ3) is 5.42. The molecule has 33 heavy (non-hydrogen) atoms. The van der Waals surface area contributed by atoms with E-state index in [9.17, 15) is 14.4 Å². The van der Waals surface area contributed by atoms with Crippen molar-refractivity contribution in [2.45, 2.75) is 57.7 Å². The Balaban J connectivity index is 1.47. The van der Waals surface area contributed by atoms with E-state index >= 15 is 0 Å². The fourth-order valence-electron chi connectivity index (χ4n) is 4.14. The Bertz CT molecular complexity index is 1120. The molecule has 174 valence electrons. The van der Waals surface area contributed by atoms with Crippen LogP contribution in [0.5, 0.6) is 0 Å². The highest BCUT2D eigenvalue weighted by Gasteiger charge is 2.28. The Morgan fingerprint density at radius 1 is 1.21 bits per heavy atom. The summed E-state index contributed by atoms with van der Waals surface area (Å²) in [5, 5.41) is 4.94. The normalized spacial score (nSPS) is 14.8. The fraction of sp³-hybridized carbons (Fsp3) is 0.417. The second-order valence-electron chi connectivity index (χ2n) is 7.96. The number of carbonyl (C=O) groups is 3. The highest BCUT2D eigenvalue weighted by atomic mass is 32.1. The van der Waals surface area contributed by atoms with E-state index in [1.165, 1.54) is 11.3 Å². The average molecular weight is 470 g/mol. The molecule has 0 radical (unpaired) electrons. The van der Waals surface area contributed by atoms with Gasteiger partial charge in [0.25, 0.3) is 5.91 Å². The standard InChI is InChI=1S/C24H27N3O5S/c1-2-31-24(30)19-15-20-18(10-14-33-20)27(19)13-9-21(28)32-22(16-7-11-25-12-8-16)23(29)26-17-5-3-4-6-17/h7-8,10-12,14-15,17,22H,2-6,9,13H2,1H3,(H,26,29). The van der Waals surface area contributed by atoms with Crippen LogP contribution in [0.3, 0.4) is 0 Å². The number of pyridine rings is 1. The van der Waals surface area contributed by atoms with Crippen molar-refractivity contribution in [3.05, 3.63) is 53.3 Å².